The molecule has 0 radical (unpaired) electrons. The minimum atomic E-state index is -0.386. The SMILES string of the molecule is Cc1cc(-c2cccc3c2oc2ccccc23)cc(C)c1N1c2cc3c(cc2B2c4cc(C(C)(C)C)ccc4N4c5ccc(-c6ccccc6)cc5-c5cccc(c5)C(C)(C)c5cc4c2c1c5)c1ccccc1n3-c1ccccc1. The molecule has 4 nitrogen and oxygen atoms in total. The fourth-order valence-corrected chi connectivity index (χ4v) is 14.1. The second kappa shape index (κ2) is 16.8. The number of furan rings is 1. The molecule has 0 spiro atoms. The fourth-order valence-electron chi connectivity index (χ4n) is 14.1. The quantitative estimate of drug-likeness (QED) is 0.164. The maximum Gasteiger partial charge on any atom is 0.252 e. The molecule has 5 heteroatoms. The second-order valence-electron chi connectivity index (χ2n) is 24.2. The number of nitrogens with zero attached hydrogens (tertiary/aromatic N) is 3. The molecule has 80 heavy (non-hydrogen) atoms. The molecule has 3 aliphatic rings. The molecule has 382 valence electrons. The van der Waals surface area contributed by atoms with Crippen LogP contribution in [-0.4, -0.2) is 11.3 Å². The predicted molar refractivity (Wildman–Crippen MR) is 339 cm³/mol. The van der Waals surface area contributed by atoms with Crippen LogP contribution in [0.1, 0.15) is 62.4 Å². The zero-order chi connectivity index (χ0) is 53.9. The van der Waals surface area contributed by atoms with Gasteiger partial charge in [-0.25, -0.2) is 0 Å². The van der Waals surface area contributed by atoms with Crippen LogP contribution in [0.5, 0.6) is 0 Å². The third-order valence-corrected chi connectivity index (χ3v) is 18.1. The minimum absolute atomic E-state index is 0.0973. The number of fused-ring (bicyclic) bond motifs is 17. The Morgan fingerprint density at radius 3 is 1.88 bits per heavy atom. The summed E-state index contributed by atoms with van der Waals surface area (Å²) in [4.78, 5) is 5.31. The first-order valence-corrected chi connectivity index (χ1v) is 28.3. The van der Waals surface area contributed by atoms with E-state index in [1.165, 1.54) is 122 Å². The van der Waals surface area contributed by atoms with Crippen molar-refractivity contribution in [1.29, 1.82) is 0 Å². The molecule has 0 saturated heterocycles. The highest BCUT2D eigenvalue weighted by atomic mass is 16.3. The lowest BCUT2D eigenvalue weighted by molar-refractivity contribution is 0.591. The highest BCUT2D eigenvalue weighted by molar-refractivity contribution is 7.00. The van der Waals surface area contributed by atoms with Crippen molar-refractivity contribution in [3.05, 3.63) is 252 Å². The lowest BCUT2D eigenvalue weighted by Crippen LogP contribution is -2.61. The van der Waals surface area contributed by atoms with E-state index in [0.717, 1.165) is 38.8 Å². The summed E-state index contributed by atoms with van der Waals surface area (Å²) < 4.78 is 9.20. The molecule has 5 heterocycles. The van der Waals surface area contributed by atoms with Gasteiger partial charge < -0.3 is 18.8 Å². The number of para-hydroxylation sites is 4. The summed E-state index contributed by atoms with van der Waals surface area (Å²) in [5, 5.41) is 4.76. The molecule has 0 saturated carbocycles. The average molecular weight is 1030 g/mol. The maximum absolute atomic E-state index is 6.72. The van der Waals surface area contributed by atoms with E-state index in [1.807, 2.05) is 0 Å². The number of hydrogen-bond acceptors (Lipinski definition) is 3. The molecular weight excluding hydrogens is 970 g/mol. The lowest BCUT2D eigenvalue weighted by atomic mass is 9.33. The van der Waals surface area contributed by atoms with Crippen LogP contribution in [0, 0.1) is 13.8 Å². The maximum atomic E-state index is 6.72. The number of hydrogen-bond donors (Lipinski definition) is 0. The van der Waals surface area contributed by atoms with Crippen molar-refractivity contribution >= 4 is 101 Å². The van der Waals surface area contributed by atoms with Crippen LogP contribution in [-0.2, 0) is 10.8 Å². The summed E-state index contributed by atoms with van der Waals surface area (Å²) in [5.41, 5.74) is 29.3. The Bertz CT molecular complexity index is 4740. The van der Waals surface area contributed by atoms with Crippen LogP contribution >= 0.6 is 0 Å². The molecule has 0 fully saturated rings. The highest BCUT2D eigenvalue weighted by Crippen LogP contribution is 2.53. The monoisotopic (exact) mass is 1030 g/mol. The number of benzene rings is 11. The van der Waals surface area contributed by atoms with Crippen LogP contribution in [0.25, 0.3) is 82.8 Å². The van der Waals surface area contributed by atoms with Gasteiger partial charge >= 0.3 is 0 Å². The van der Waals surface area contributed by atoms with Gasteiger partial charge in [-0.15, -0.1) is 0 Å². The molecule has 2 aromatic heterocycles. The molecule has 3 aliphatic heterocycles. The van der Waals surface area contributed by atoms with Gasteiger partial charge in [0.25, 0.3) is 6.71 Å². The van der Waals surface area contributed by atoms with Crippen molar-refractivity contribution in [1.82, 2.24) is 4.57 Å². The molecule has 0 atom stereocenters. The Kier molecular flexibility index (Phi) is 9.85. The zero-order valence-corrected chi connectivity index (χ0v) is 46.2. The van der Waals surface area contributed by atoms with Crippen molar-refractivity contribution in [2.45, 2.75) is 59.3 Å². The minimum Gasteiger partial charge on any atom is -0.455 e. The van der Waals surface area contributed by atoms with Gasteiger partial charge in [0, 0.05) is 66.5 Å². The Labute approximate surface area is 467 Å². The van der Waals surface area contributed by atoms with Gasteiger partial charge in [-0.05, 0) is 159 Å². The van der Waals surface area contributed by atoms with E-state index in [1.54, 1.807) is 0 Å². The number of aromatic nitrogens is 1. The summed E-state index contributed by atoms with van der Waals surface area (Å²) in [6, 6.07) is 84.7. The van der Waals surface area contributed by atoms with E-state index in [-0.39, 0.29) is 17.5 Å². The molecule has 11 aromatic carbocycles. The third-order valence-electron chi connectivity index (χ3n) is 18.1. The first-order valence-electron chi connectivity index (χ1n) is 28.3. The van der Waals surface area contributed by atoms with Crippen molar-refractivity contribution < 1.29 is 4.42 Å². The van der Waals surface area contributed by atoms with Gasteiger partial charge in [0.05, 0.1) is 22.4 Å². The summed E-state index contributed by atoms with van der Waals surface area (Å²) in [7, 11) is 0. The Balaban J connectivity index is 1.04. The molecule has 4 bridgehead atoms. The van der Waals surface area contributed by atoms with E-state index in [2.05, 4.69) is 287 Å². The molecule has 13 aromatic rings. The van der Waals surface area contributed by atoms with Gasteiger partial charge in [-0.3, -0.25) is 0 Å². The molecule has 0 unspecified atom stereocenters. The van der Waals surface area contributed by atoms with E-state index >= 15 is 0 Å². The van der Waals surface area contributed by atoms with Crippen LogP contribution in [0.3, 0.4) is 0 Å². The highest BCUT2D eigenvalue weighted by Gasteiger charge is 2.46. The van der Waals surface area contributed by atoms with E-state index in [9.17, 15) is 0 Å². The molecule has 0 aliphatic carbocycles. The second-order valence-corrected chi connectivity index (χ2v) is 24.2. The summed E-state index contributed by atoms with van der Waals surface area (Å²) in [6.07, 6.45) is 0. The summed E-state index contributed by atoms with van der Waals surface area (Å²) in [5.74, 6) is 0. The van der Waals surface area contributed by atoms with Crippen molar-refractivity contribution in [2.75, 3.05) is 9.80 Å². The number of aryl methyl sites for hydroxylation is 2. The van der Waals surface area contributed by atoms with E-state index in [0.29, 0.717) is 0 Å². The predicted octanol–water partition coefficient (Wildman–Crippen LogP) is 18.3. The van der Waals surface area contributed by atoms with Crippen LogP contribution in [0.2, 0.25) is 0 Å². The molecular formula is C75H58BN3O. The zero-order valence-electron chi connectivity index (χ0n) is 46.2. The van der Waals surface area contributed by atoms with Crippen LogP contribution in [0.4, 0.5) is 34.1 Å². The van der Waals surface area contributed by atoms with Crippen molar-refractivity contribution in [2.24, 2.45) is 0 Å². The van der Waals surface area contributed by atoms with Crippen LogP contribution < -0.4 is 26.2 Å². The first kappa shape index (κ1) is 46.8. The van der Waals surface area contributed by atoms with Crippen molar-refractivity contribution in [3.63, 3.8) is 0 Å². The summed E-state index contributed by atoms with van der Waals surface area (Å²) in [6.45, 7) is 16.4. The number of anilines is 6. The Morgan fingerprint density at radius 1 is 0.425 bits per heavy atom. The Morgan fingerprint density at radius 2 is 1.09 bits per heavy atom. The molecule has 0 amide bonds. The summed E-state index contributed by atoms with van der Waals surface area (Å²) >= 11 is 0. The van der Waals surface area contributed by atoms with Crippen LogP contribution in [0.15, 0.2) is 229 Å². The first-order chi connectivity index (χ1) is 38.9. The molecule has 16 rings (SSSR count). The third kappa shape index (κ3) is 6.70. The Hall–Kier alpha value is -9.32. The lowest BCUT2D eigenvalue weighted by Gasteiger charge is -2.46. The van der Waals surface area contributed by atoms with Crippen molar-refractivity contribution in [3.8, 4) is 39.1 Å². The van der Waals surface area contributed by atoms with Gasteiger partial charge in [-0.1, -0.05) is 186 Å². The van der Waals surface area contributed by atoms with Gasteiger partial charge in [0.15, 0.2) is 0 Å². The number of rotatable bonds is 4. The fraction of sp³-hybridized carbons (Fsp3) is 0.120. The average Bonchev–Trinajstić information content (AvgIpc) is 4.17. The normalized spacial score (nSPS) is 14.0. The molecule has 0 N–H and O–H groups in total. The standard InChI is InChI=1S/C75H58BN3O/c1-45-36-50(55-28-19-29-58-57-27-15-17-31-70(57)80-73(55)58)37-46(2)72(45)79-67-44-66-60(56-26-14-16-30-63(56)77(66)54-24-12-9-13-25-54)43-62(67)76-61-40-51(74(3,4)5)33-35-65(61)78-64-34-32-48(47-20-10-8-11-21-47)39-59(64)49-22-18-23-52(38-49)75(6,7)53-41-68(78)71(76)69(79)42-53/h8-44H,1-7H3. The van der Waals surface area contributed by atoms with E-state index in [4.69, 9.17) is 4.42 Å². The van der Waals surface area contributed by atoms with Gasteiger partial charge in [-0.2, -0.15) is 0 Å². The van der Waals surface area contributed by atoms with Gasteiger partial charge in [0.1, 0.15) is 11.2 Å². The smallest absolute Gasteiger partial charge is 0.252 e. The van der Waals surface area contributed by atoms with E-state index < -0.39 is 0 Å². The largest absolute Gasteiger partial charge is 0.455 e. The topological polar surface area (TPSA) is 24.6 Å². The van der Waals surface area contributed by atoms with Gasteiger partial charge in [0.2, 0.25) is 0 Å².